The maximum absolute atomic E-state index is 4.97. The van der Waals surface area contributed by atoms with E-state index in [-0.39, 0.29) is 0 Å². The van der Waals surface area contributed by atoms with Gasteiger partial charge in [-0.05, 0) is 80.0 Å². The summed E-state index contributed by atoms with van der Waals surface area (Å²) in [5, 5.41) is 6.83. The normalized spacial score (nSPS) is 20.6. The highest BCUT2D eigenvalue weighted by Gasteiger charge is 2.42. The van der Waals surface area contributed by atoms with Gasteiger partial charge in [0, 0.05) is 39.7 Å². The minimum absolute atomic E-state index is 0.625. The minimum atomic E-state index is 0.625. The molecule has 2 aromatic heterocycles. The molecule has 7 rings (SSSR count). The van der Waals surface area contributed by atoms with Crippen molar-refractivity contribution < 1.29 is 0 Å². The fourth-order valence-electron chi connectivity index (χ4n) is 6.20. The van der Waals surface area contributed by atoms with E-state index in [1.54, 1.807) is 0 Å². The average Bonchev–Trinajstić information content (AvgIpc) is 3.28. The summed E-state index contributed by atoms with van der Waals surface area (Å²) in [7, 11) is 1.95. The third-order valence-corrected chi connectivity index (χ3v) is 8.69. The van der Waals surface area contributed by atoms with Gasteiger partial charge in [0.05, 0.1) is 24.5 Å². The van der Waals surface area contributed by atoms with Gasteiger partial charge in [0.25, 0.3) is 0 Å². The van der Waals surface area contributed by atoms with E-state index in [0.717, 1.165) is 84.8 Å². The predicted octanol–water partition coefficient (Wildman–Crippen LogP) is 4.53. The Morgan fingerprint density at radius 2 is 1.29 bits per heavy atom. The topological polar surface area (TPSA) is 81.4 Å². The van der Waals surface area contributed by atoms with Gasteiger partial charge in [-0.25, -0.2) is 9.97 Å². The van der Waals surface area contributed by atoms with Crippen LogP contribution in [0.25, 0.3) is 22.5 Å². The smallest absolute Gasteiger partial charge is 0.121 e. The number of benzene rings is 2. The van der Waals surface area contributed by atoms with Gasteiger partial charge in [0.2, 0.25) is 0 Å². The van der Waals surface area contributed by atoms with Crippen LogP contribution in [0.1, 0.15) is 59.1 Å². The van der Waals surface area contributed by atoms with Crippen molar-refractivity contribution in [3.63, 3.8) is 0 Å². The first-order chi connectivity index (χ1) is 18.6. The first-order valence-electron chi connectivity index (χ1n) is 13.9. The van der Waals surface area contributed by atoms with E-state index in [2.05, 4.69) is 82.7 Å². The molecule has 4 aromatic rings. The molecule has 38 heavy (non-hydrogen) atoms. The van der Waals surface area contributed by atoms with E-state index >= 15 is 0 Å². The molecule has 2 heterocycles. The second kappa shape index (κ2) is 9.27. The first-order valence-corrected chi connectivity index (χ1v) is 13.9. The second-order valence-corrected chi connectivity index (χ2v) is 11.2. The molecule has 3 atom stereocenters. The Morgan fingerprint density at radius 1 is 0.763 bits per heavy atom. The number of hydrogen-bond acceptors (Lipinski definition) is 4. The molecule has 2 unspecified atom stereocenters. The first kappa shape index (κ1) is 23.5. The largest absolute Gasteiger partial charge is 0.344 e. The van der Waals surface area contributed by atoms with Gasteiger partial charge in [-0.2, -0.15) is 0 Å². The standard InChI is InChI=1S/C32H34N6/c1-18-19(2)30(18)34-17-29-36-27-13-9-23-15-21(7-11-25(23)32(27)38-29)5-4-20-6-10-24-22(14-20)8-12-26-31(24)37-28(35-26)16-33-3/h6-7,10-11,14-15,18-19,30,33-34H,8-9,12-13,16-17H2,1-3H3,(H,35,37)(H,36,38)/t18-,19?,30?/m1/s1. The summed E-state index contributed by atoms with van der Waals surface area (Å²) in [5.74, 6) is 10.4. The van der Waals surface area contributed by atoms with Gasteiger partial charge in [0.1, 0.15) is 11.6 Å². The van der Waals surface area contributed by atoms with Crippen LogP contribution in [0.3, 0.4) is 0 Å². The highest BCUT2D eigenvalue weighted by molar-refractivity contribution is 5.71. The molecule has 0 radical (unpaired) electrons. The fraction of sp³-hybridized carbons (Fsp3) is 0.375. The average molecular weight is 503 g/mol. The fourth-order valence-corrected chi connectivity index (χ4v) is 6.20. The minimum Gasteiger partial charge on any atom is -0.344 e. The molecule has 6 nitrogen and oxygen atoms in total. The van der Waals surface area contributed by atoms with Crippen molar-refractivity contribution in [2.75, 3.05) is 7.05 Å². The Morgan fingerprint density at radius 3 is 1.79 bits per heavy atom. The highest BCUT2D eigenvalue weighted by atomic mass is 15.0. The molecule has 6 heteroatoms. The zero-order valence-corrected chi connectivity index (χ0v) is 22.3. The molecule has 192 valence electrons. The van der Waals surface area contributed by atoms with Crippen molar-refractivity contribution in [3.05, 3.63) is 81.7 Å². The van der Waals surface area contributed by atoms with Crippen LogP contribution in [0.4, 0.5) is 0 Å². The molecule has 0 spiro atoms. The number of hydrogen-bond donors (Lipinski definition) is 4. The van der Waals surface area contributed by atoms with Crippen molar-refractivity contribution in [1.82, 2.24) is 30.6 Å². The molecule has 0 amide bonds. The van der Waals surface area contributed by atoms with Crippen molar-refractivity contribution in [3.8, 4) is 34.4 Å². The van der Waals surface area contributed by atoms with Gasteiger partial charge in [-0.15, -0.1) is 0 Å². The Balaban J connectivity index is 1.09. The van der Waals surface area contributed by atoms with Gasteiger partial charge in [-0.1, -0.05) is 37.8 Å². The van der Waals surface area contributed by atoms with Crippen molar-refractivity contribution in [1.29, 1.82) is 0 Å². The van der Waals surface area contributed by atoms with Crippen LogP contribution < -0.4 is 10.6 Å². The Hall–Kier alpha value is -3.66. The monoisotopic (exact) mass is 502 g/mol. The molecule has 1 fully saturated rings. The third-order valence-electron chi connectivity index (χ3n) is 8.69. The number of nitrogens with one attached hydrogen (secondary N) is 4. The second-order valence-electron chi connectivity index (χ2n) is 11.2. The Kier molecular flexibility index (Phi) is 5.72. The maximum atomic E-state index is 4.97. The van der Waals surface area contributed by atoms with Crippen LogP contribution in [-0.2, 0) is 38.8 Å². The summed E-state index contributed by atoms with van der Waals surface area (Å²) in [5.41, 5.74) is 12.0. The van der Waals surface area contributed by atoms with Crippen LogP contribution in [0.5, 0.6) is 0 Å². The summed E-state index contributed by atoms with van der Waals surface area (Å²) in [6, 6.07) is 13.8. The number of aryl methyl sites for hydroxylation is 4. The van der Waals surface area contributed by atoms with Crippen molar-refractivity contribution in [2.45, 2.75) is 58.7 Å². The molecule has 0 aliphatic heterocycles. The predicted molar refractivity (Wildman–Crippen MR) is 151 cm³/mol. The van der Waals surface area contributed by atoms with Crippen LogP contribution in [0.15, 0.2) is 36.4 Å². The van der Waals surface area contributed by atoms with E-state index in [1.165, 1.54) is 33.6 Å². The van der Waals surface area contributed by atoms with Gasteiger partial charge in [0.15, 0.2) is 0 Å². The molecule has 3 aliphatic rings. The van der Waals surface area contributed by atoms with Crippen LogP contribution >= 0.6 is 0 Å². The molecular weight excluding hydrogens is 468 g/mol. The SMILES string of the molecule is CNCc1nc2c([nH]1)CCc1cc(C#Cc3ccc4c(c3)CCc3[nH]c(CNC5C(C)[C@H]5C)nc3-4)ccc1-2. The lowest BCUT2D eigenvalue weighted by molar-refractivity contribution is 0.621. The molecule has 4 N–H and O–H groups in total. The molecule has 0 saturated heterocycles. The van der Waals surface area contributed by atoms with Crippen molar-refractivity contribution >= 4 is 0 Å². The number of aromatic amines is 2. The number of H-pyrrole nitrogens is 2. The Bertz CT molecular complexity index is 1590. The maximum Gasteiger partial charge on any atom is 0.121 e. The lowest BCUT2D eigenvalue weighted by Gasteiger charge is -2.15. The van der Waals surface area contributed by atoms with Gasteiger partial charge < -0.3 is 20.6 Å². The van der Waals surface area contributed by atoms with Crippen LogP contribution in [-0.4, -0.2) is 33.0 Å². The number of imidazole rings is 2. The third kappa shape index (κ3) is 4.16. The van der Waals surface area contributed by atoms with E-state index in [0.29, 0.717) is 6.04 Å². The summed E-state index contributed by atoms with van der Waals surface area (Å²) < 4.78 is 0. The van der Waals surface area contributed by atoms with Gasteiger partial charge >= 0.3 is 0 Å². The summed E-state index contributed by atoms with van der Waals surface area (Å²) in [4.78, 5) is 16.8. The lowest BCUT2D eigenvalue weighted by Crippen LogP contribution is -2.19. The number of fused-ring (bicyclic) bond motifs is 6. The zero-order valence-electron chi connectivity index (χ0n) is 22.3. The number of rotatable bonds is 5. The zero-order chi connectivity index (χ0) is 25.8. The molecule has 3 aliphatic carbocycles. The van der Waals surface area contributed by atoms with Crippen LogP contribution in [0.2, 0.25) is 0 Å². The van der Waals surface area contributed by atoms with Gasteiger partial charge in [-0.3, -0.25) is 0 Å². The van der Waals surface area contributed by atoms with E-state index in [4.69, 9.17) is 9.97 Å². The molecule has 2 aromatic carbocycles. The number of aromatic nitrogens is 4. The summed E-state index contributed by atoms with van der Waals surface area (Å²) in [6.45, 7) is 6.19. The molecule has 0 bridgehead atoms. The van der Waals surface area contributed by atoms with E-state index in [9.17, 15) is 0 Å². The quantitative estimate of drug-likeness (QED) is 0.302. The van der Waals surface area contributed by atoms with E-state index < -0.39 is 0 Å². The van der Waals surface area contributed by atoms with Crippen molar-refractivity contribution in [2.24, 2.45) is 11.8 Å². The summed E-state index contributed by atoms with van der Waals surface area (Å²) in [6.07, 6.45) is 4.02. The van der Waals surface area contributed by atoms with Crippen LogP contribution in [0, 0.1) is 23.7 Å². The Labute approximate surface area is 224 Å². The molecule has 1 saturated carbocycles. The number of nitrogens with zero attached hydrogens (tertiary/aromatic N) is 2. The lowest BCUT2D eigenvalue weighted by atomic mass is 9.90. The highest BCUT2D eigenvalue weighted by Crippen LogP contribution is 2.38. The van der Waals surface area contributed by atoms with E-state index in [1.807, 2.05) is 7.05 Å². The molecular formula is C32H34N6. The summed E-state index contributed by atoms with van der Waals surface area (Å²) >= 11 is 0.